The normalized spacial score (nSPS) is 22.0. The molecule has 0 bridgehead atoms. The maximum Gasteiger partial charge on any atom is 0.514 e. The molecule has 27 heavy (non-hydrogen) atoms. The molecule has 0 aliphatic carbocycles. The number of non-ortho nitro benzene ring substituents is 1. The van der Waals surface area contributed by atoms with Gasteiger partial charge in [-0.1, -0.05) is 0 Å². The van der Waals surface area contributed by atoms with Gasteiger partial charge in [0.25, 0.3) is 5.69 Å². The first-order valence-electron chi connectivity index (χ1n) is 8.31. The molecule has 0 aromatic heterocycles. The predicted molar refractivity (Wildman–Crippen MR) is 92.6 cm³/mol. The van der Waals surface area contributed by atoms with Gasteiger partial charge in [-0.15, -0.1) is 0 Å². The first-order chi connectivity index (χ1) is 12.5. The second-order valence-electron chi connectivity index (χ2n) is 7.00. The minimum atomic E-state index is -1.01. The van der Waals surface area contributed by atoms with Gasteiger partial charge in [0.2, 0.25) is 0 Å². The summed E-state index contributed by atoms with van der Waals surface area (Å²) in [5, 5.41) is 13.7. The number of ether oxygens (including phenoxy) is 4. The Kier molecular flexibility index (Phi) is 6.21. The SMILES string of the molecule is C[C@H]1NC[C@H](OC(=O)OC(C)(C)C)[C@H]1OC(=O)Oc1ccc([N+](=O)[O-])cc1. The second kappa shape index (κ2) is 8.21. The van der Waals surface area contributed by atoms with Crippen LogP contribution in [0.15, 0.2) is 24.3 Å². The van der Waals surface area contributed by atoms with Crippen LogP contribution in [0.3, 0.4) is 0 Å². The fourth-order valence-corrected chi connectivity index (χ4v) is 2.41. The molecule has 1 aliphatic rings. The summed E-state index contributed by atoms with van der Waals surface area (Å²) in [6.45, 7) is 7.18. The van der Waals surface area contributed by atoms with Crippen LogP contribution in [0, 0.1) is 10.1 Å². The minimum absolute atomic E-state index is 0.0915. The van der Waals surface area contributed by atoms with Crippen LogP contribution in [0.4, 0.5) is 15.3 Å². The molecular formula is C17H22N2O8. The van der Waals surface area contributed by atoms with E-state index in [1.807, 2.05) is 0 Å². The summed E-state index contributed by atoms with van der Waals surface area (Å²) in [5.74, 6) is 0.0915. The molecule has 0 radical (unpaired) electrons. The predicted octanol–water partition coefficient (Wildman–Crippen LogP) is 2.79. The number of carbonyl (C=O) groups is 2. The third kappa shape index (κ3) is 6.10. The molecule has 10 nitrogen and oxygen atoms in total. The fraction of sp³-hybridized carbons (Fsp3) is 0.529. The van der Waals surface area contributed by atoms with Crippen molar-refractivity contribution in [3.8, 4) is 5.75 Å². The van der Waals surface area contributed by atoms with Crippen molar-refractivity contribution >= 4 is 18.0 Å². The summed E-state index contributed by atoms with van der Waals surface area (Å²) in [6.07, 6.45) is -3.38. The molecule has 148 valence electrons. The van der Waals surface area contributed by atoms with E-state index in [1.165, 1.54) is 24.3 Å². The summed E-state index contributed by atoms with van der Waals surface area (Å²) in [7, 11) is 0. The first kappa shape index (κ1) is 20.4. The number of carbonyl (C=O) groups excluding carboxylic acids is 2. The average molecular weight is 382 g/mol. The highest BCUT2D eigenvalue weighted by Gasteiger charge is 2.40. The fourth-order valence-electron chi connectivity index (χ4n) is 2.41. The largest absolute Gasteiger partial charge is 0.514 e. The lowest BCUT2D eigenvalue weighted by Gasteiger charge is -2.24. The third-order valence-corrected chi connectivity index (χ3v) is 3.62. The number of rotatable bonds is 4. The van der Waals surface area contributed by atoms with Crippen molar-refractivity contribution in [1.82, 2.24) is 5.32 Å². The van der Waals surface area contributed by atoms with Crippen molar-refractivity contribution in [3.63, 3.8) is 0 Å². The molecule has 1 aromatic rings. The molecule has 1 aliphatic heterocycles. The molecule has 0 saturated carbocycles. The summed E-state index contributed by atoms with van der Waals surface area (Å²) < 4.78 is 20.6. The number of hydrogen-bond donors (Lipinski definition) is 1. The molecule has 1 heterocycles. The Balaban J connectivity index is 1.93. The Morgan fingerprint density at radius 1 is 1.15 bits per heavy atom. The highest BCUT2D eigenvalue weighted by Crippen LogP contribution is 2.21. The van der Waals surface area contributed by atoms with Crippen molar-refractivity contribution in [2.45, 2.75) is 51.5 Å². The highest BCUT2D eigenvalue weighted by molar-refractivity contribution is 5.65. The molecule has 0 unspecified atom stereocenters. The van der Waals surface area contributed by atoms with Gasteiger partial charge in [-0.25, -0.2) is 9.59 Å². The molecule has 0 spiro atoms. The van der Waals surface area contributed by atoms with E-state index in [0.29, 0.717) is 0 Å². The van der Waals surface area contributed by atoms with Crippen molar-refractivity contribution in [2.24, 2.45) is 0 Å². The van der Waals surface area contributed by atoms with Gasteiger partial charge in [-0.2, -0.15) is 0 Å². The van der Waals surface area contributed by atoms with Crippen molar-refractivity contribution < 1.29 is 33.5 Å². The van der Waals surface area contributed by atoms with E-state index in [2.05, 4.69) is 5.32 Å². The quantitative estimate of drug-likeness (QED) is 0.362. The molecule has 2 rings (SSSR count). The van der Waals surface area contributed by atoms with Crippen molar-refractivity contribution in [1.29, 1.82) is 0 Å². The highest BCUT2D eigenvalue weighted by atomic mass is 16.8. The van der Waals surface area contributed by atoms with Crippen molar-refractivity contribution in [2.75, 3.05) is 6.54 Å². The van der Waals surface area contributed by atoms with E-state index in [4.69, 9.17) is 18.9 Å². The zero-order chi connectivity index (χ0) is 20.2. The average Bonchev–Trinajstić information content (AvgIpc) is 2.86. The molecule has 1 saturated heterocycles. The molecule has 0 amide bonds. The van der Waals surface area contributed by atoms with Gasteiger partial charge in [0.05, 0.1) is 4.92 Å². The van der Waals surface area contributed by atoms with Gasteiger partial charge >= 0.3 is 12.3 Å². The lowest BCUT2D eigenvalue weighted by atomic mass is 10.1. The molecule has 1 aromatic carbocycles. The van der Waals surface area contributed by atoms with E-state index < -0.39 is 35.0 Å². The Labute approximate surface area is 155 Å². The van der Waals surface area contributed by atoms with Crippen LogP contribution in [0.1, 0.15) is 27.7 Å². The number of nitro benzene ring substituents is 1. The third-order valence-electron chi connectivity index (χ3n) is 3.62. The second-order valence-corrected chi connectivity index (χ2v) is 7.00. The number of nitrogens with zero attached hydrogens (tertiary/aromatic N) is 1. The monoisotopic (exact) mass is 382 g/mol. The van der Waals surface area contributed by atoms with Crippen LogP contribution < -0.4 is 10.1 Å². The van der Waals surface area contributed by atoms with Gasteiger partial charge in [0.1, 0.15) is 11.4 Å². The maximum atomic E-state index is 12.0. The summed E-state index contributed by atoms with van der Waals surface area (Å²) >= 11 is 0. The van der Waals surface area contributed by atoms with Gasteiger partial charge in [-0.3, -0.25) is 10.1 Å². The van der Waals surface area contributed by atoms with Gasteiger partial charge in [0, 0.05) is 24.7 Å². The zero-order valence-corrected chi connectivity index (χ0v) is 15.5. The van der Waals surface area contributed by atoms with E-state index in [1.54, 1.807) is 27.7 Å². The van der Waals surface area contributed by atoms with E-state index >= 15 is 0 Å². The Hall–Kier alpha value is -2.88. The van der Waals surface area contributed by atoms with E-state index in [9.17, 15) is 19.7 Å². The Bertz CT molecular complexity index is 698. The van der Waals surface area contributed by atoms with Gasteiger partial charge in [0.15, 0.2) is 12.2 Å². The van der Waals surface area contributed by atoms with Crippen LogP contribution in [-0.4, -0.2) is 47.6 Å². The van der Waals surface area contributed by atoms with Crippen LogP contribution in [-0.2, 0) is 14.2 Å². The first-order valence-corrected chi connectivity index (χ1v) is 8.31. The number of benzene rings is 1. The van der Waals surface area contributed by atoms with Gasteiger partial charge < -0.3 is 24.3 Å². The molecule has 1 N–H and O–H groups in total. The number of hydrogen-bond acceptors (Lipinski definition) is 9. The number of nitrogens with one attached hydrogen (secondary N) is 1. The van der Waals surface area contributed by atoms with Crippen LogP contribution in [0.25, 0.3) is 0 Å². The smallest absolute Gasteiger partial charge is 0.429 e. The van der Waals surface area contributed by atoms with E-state index in [-0.39, 0.29) is 24.0 Å². The zero-order valence-electron chi connectivity index (χ0n) is 15.5. The summed E-state index contributed by atoms with van der Waals surface area (Å²) in [4.78, 5) is 33.9. The molecule has 1 fully saturated rings. The number of nitro groups is 1. The minimum Gasteiger partial charge on any atom is -0.429 e. The maximum absolute atomic E-state index is 12.0. The van der Waals surface area contributed by atoms with Crippen molar-refractivity contribution in [3.05, 3.63) is 34.4 Å². The lowest BCUT2D eigenvalue weighted by molar-refractivity contribution is -0.384. The summed E-state index contributed by atoms with van der Waals surface area (Å²) in [6, 6.07) is 4.70. The standard InChI is InChI=1S/C17H22N2O8/c1-10-14(13(9-18-10)25-16(21)27-17(2,3)4)26-15(20)24-12-7-5-11(6-8-12)19(22)23/h5-8,10,13-14,18H,9H2,1-4H3/t10-,13+,14+/m1/s1. The van der Waals surface area contributed by atoms with Crippen LogP contribution in [0.2, 0.25) is 0 Å². The molecule has 3 atom stereocenters. The molecule has 10 heteroatoms. The van der Waals surface area contributed by atoms with Crippen LogP contribution in [0.5, 0.6) is 5.75 Å². The van der Waals surface area contributed by atoms with Crippen LogP contribution >= 0.6 is 0 Å². The van der Waals surface area contributed by atoms with E-state index in [0.717, 1.165) is 0 Å². The Morgan fingerprint density at radius 3 is 2.33 bits per heavy atom. The molecular weight excluding hydrogens is 360 g/mol. The van der Waals surface area contributed by atoms with Gasteiger partial charge in [-0.05, 0) is 39.8 Å². The Morgan fingerprint density at radius 2 is 1.78 bits per heavy atom. The lowest BCUT2D eigenvalue weighted by Crippen LogP contribution is -2.39. The topological polar surface area (TPSA) is 126 Å². The summed E-state index contributed by atoms with van der Waals surface area (Å²) in [5.41, 5.74) is -0.838.